The van der Waals surface area contributed by atoms with Crippen LogP contribution in [-0.2, 0) is 4.74 Å². The number of rotatable bonds is 3. The first-order chi connectivity index (χ1) is 9.09. The fourth-order valence-electron chi connectivity index (χ4n) is 2.32. The highest BCUT2D eigenvalue weighted by molar-refractivity contribution is 6.36. The number of ether oxygens (including phenoxy) is 1. The molecule has 2 N–H and O–H groups in total. The lowest BCUT2D eigenvalue weighted by Crippen LogP contribution is -2.34. The number of nitrogens with two attached hydrogens (primary N) is 1. The molecule has 0 unspecified atom stereocenters. The van der Waals surface area contributed by atoms with E-state index in [0.717, 1.165) is 32.6 Å². The molecule has 1 aliphatic heterocycles. The van der Waals surface area contributed by atoms with Crippen molar-refractivity contribution in [2.24, 2.45) is 5.92 Å². The summed E-state index contributed by atoms with van der Waals surface area (Å²) in [5.41, 5.74) is 6.63. The van der Waals surface area contributed by atoms with Crippen molar-refractivity contribution < 1.29 is 9.53 Å². The highest BCUT2D eigenvalue weighted by Gasteiger charge is 2.21. The van der Waals surface area contributed by atoms with Crippen LogP contribution < -0.4 is 5.73 Å². The summed E-state index contributed by atoms with van der Waals surface area (Å²) < 4.78 is 5.32. The van der Waals surface area contributed by atoms with Gasteiger partial charge in [-0.1, -0.05) is 17.7 Å². The predicted molar refractivity (Wildman–Crippen MR) is 76.4 cm³/mol. The number of nitrogen functional groups attached to an aromatic ring is 1. The van der Waals surface area contributed by atoms with Crippen molar-refractivity contribution in [3.8, 4) is 0 Å². The second kappa shape index (κ2) is 6.26. The lowest BCUT2D eigenvalue weighted by molar-refractivity contribution is 0.0497. The van der Waals surface area contributed by atoms with Crippen molar-refractivity contribution in [1.29, 1.82) is 0 Å². The van der Waals surface area contributed by atoms with E-state index in [2.05, 4.69) is 0 Å². The summed E-state index contributed by atoms with van der Waals surface area (Å²) >= 11 is 6.08. The molecule has 4 nitrogen and oxygen atoms in total. The first-order valence-electron chi connectivity index (χ1n) is 6.46. The number of carbonyl (C=O) groups excluding carboxylic acids is 1. The molecule has 2 rings (SSSR count). The number of carbonyl (C=O) groups is 1. The number of hydrogen-bond acceptors (Lipinski definition) is 3. The molecule has 1 aromatic rings. The molecule has 0 radical (unpaired) electrons. The molecule has 0 saturated carbocycles. The van der Waals surface area contributed by atoms with Crippen molar-refractivity contribution in [2.45, 2.75) is 12.8 Å². The molecule has 1 fully saturated rings. The Hall–Kier alpha value is -1.26. The van der Waals surface area contributed by atoms with Gasteiger partial charge in [0.05, 0.1) is 16.3 Å². The van der Waals surface area contributed by atoms with Crippen LogP contribution >= 0.6 is 11.6 Å². The summed E-state index contributed by atoms with van der Waals surface area (Å²) in [6, 6.07) is 5.15. The topological polar surface area (TPSA) is 55.6 Å². The summed E-state index contributed by atoms with van der Waals surface area (Å²) in [5.74, 6) is 0.423. The molecule has 0 atom stereocenters. The van der Waals surface area contributed by atoms with Crippen molar-refractivity contribution in [3.63, 3.8) is 0 Å². The lowest BCUT2D eigenvalue weighted by atomic mass is 9.99. The van der Waals surface area contributed by atoms with Gasteiger partial charge in [-0.05, 0) is 30.9 Å². The SMILES string of the molecule is CN(CC1CCOCC1)C(=O)c1cccc(N)c1Cl. The van der Waals surface area contributed by atoms with Gasteiger partial charge in [-0.3, -0.25) is 4.79 Å². The van der Waals surface area contributed by atoms with E-state index < -0.39 is 0 Å². The average Bonchev–Trinajstić information content (AvgIpc) is 2.42. The van der Waals surface area contributed by atoms with Crippen molar-refractivity contribution in [2.75, 3.05) is 32.5 Å². The van der Waals surface area contributed by atoms with E-state index in [1.807, 2.05) is 0 Å². The highest BCUT2D eigenvalue weighted by atomic mass is 35.5. The van der Waals surface area contributed by atoms with Crippen LogP contribution in [0.2, 0.25) is 5.02 Å². The monoisotopic (exact) mass is 282 g/mol. The molecule has 0 aromatic heterocycles. The molecular weight excluding hydrogens is 264 g/mol. The van der Waals surface area contributed by atoms with Gasteiger partial charge in [0.25, 0.3) is 5.91 Å². The maximum atomic E-state index is 12.3. The summed E-state index contributed by atoms with van der Waals surface area (Å²) in [6.45, 7) is 2.30. The Labute approximate surface area is 118 Å². The van der Waals surface area contributed by atoms with Gasteiger partial charge in [-0.2, -0.15) is 0 Å². The summed E-state index contributed by atoms with van der Waals surface area (Å²) in [7, 11) is 1.80. The van der Waals surface area contributed by atoms with Crippen LogP contribution in [0, 0.1) is 5.92 Å². The van der Waals surface area contributed by atoms with Gasteiger partial charge in [-0.15, -0.1) is 0 Å². The lowest BCUT2D eigenvalue weighted by Gasteiger charge is -2.27. The first kappa shape index (κ1) is 14.2. The number of amides is 1. The Kier molecular flexibility index (Phi) is 4.66. The van der Waals surface area contributed by atoms with E-state index >= 15 is 0 Å². The minimum Gasteiger partial charge on any atom is -0.398 e. The minimum absolute atomic E-state index is 0.0798. The van der Waals surface area contributed by atoms with Crippen LogP contribution in [0.15, 0.2) is 18.2 Å². The van der Waals surface area contributed by atoms with Gasteiger partial charge >= 0.3 is 0 Å². The molecule has 1 heterocycles. The third-order valence-corrected chi connectivity index (χ3v) is 3.90. The summed E-state index contributed by atoms with van der Waals surface area (Å²) in [6.07, 6.45) is 2.00. The van der Waals surface area contributed by atoms with E-state index in [-0.39, 0.29) is 5.91 Å². The third kappa shape index (κ3) is 3.39. The van der Waals surface area contributed by atoms with Crippen LogP contribution in [0.3, 0.4) is 0 Å². The van der Waals surface area contributed by atoms with Crippen LogP contribution in [0.5, 0.6) is 0 Å². The quantitative estimate of drug-likeness (QED) is 0.866. The summed E-state index contributed by atoms with van der Waals surface area (Å²) in [5, 5.41) is 0.339. The van der Waals surface area contributed by atoms with E-state index in [9.17, 15) is 4.79 Å². The first-order valence-corrected chi connectivity index (χ1v) is 6.84. The predicted octanol–water partition coefficient (Wildman–Crippen LogP) is 2.42. The fraction of sp³-hybridized carbons (Fsp3) is 0.500. The Morgan fingerprint density at radius 2 is 2.16 bits per heavy atom. The molecule has 1 aliphatic rings. The molecule has 104 valence electrons. The Bertz CT molecular complexity index is 459. The Morgan fingerprint density at radius 1 is 1.47 bits per heavy atom. The van der Waals surface area contributed by atoms with Gasteiger partial charge in [-0.25, -0.2) is 0 Å². The van der Waals surface area contributed by atoms with Crippen molar-refractivity contribution >= 4 is 23.2 Å². The van der Waals surface area contributed by atoms with Crippen LogP contribution in [-0.4, -0.2) is 37.6 Å². The maximum absolute atomic E-state index is 12.3. The molecule has 1 aromatic carbocycles. The second-order valence-corrected chi connectivity index (χ2v) is 5.33. The number of hydrogen-bond donors (Lipinski definition) is 1. The third-order valence-electron chi connectivity index (χ3n) is 3.48. The minimum atomic E-state index is -0.0798. The molecule has 1 saturated heterocycles. The molecular formula is C14H19ClN2O2. The fourth-order valence-corrected chi connectivity index (χ4v) is 2.53. The van der Waals surface area contributed by atoms with Crippen molar-refractivity contribution in [1.82, 2.24) is 4.90 Å². The Morgan fingerprint density at radius 3 is 2.84 bits per heavy atom. The van der Waals surface area contributed by atoms with Gasteiger partial charge < -0.3 is 15.4 Å². The Balaban J connectivity index is 2.03. The van der Waals surface area contributed by atoms with E-state index in [4.69, 9.17) is 22.1 Å². The van der Waals surface area contributed by atoms with Gasteiger partial charge in [0.2, 0.25) is 0 Å². The van der Waals surface area contributed by atoms with Gasteiger partial charge in [0.1, 0.15) is 0 Å². The van der Waals surface area contributed by atoms with Crippen LogP contribution in [0.25, 0.3) is 0 Å². The molecule has 5 heteroatoms. The average molecular weight is 283 g/mol. The summed E-state index contributed by atoms with van der Waals surface area (Å²) in [4.78, 5) is 14.1. The zero-order valence-electron chi connectivity index (χ0n) is 11.1. The van der Waals surface area contributed by atoms with Gasteiger partial charge in [0.15, 0.2) is 0 Å². The van der Waals surface area contributed by atoms with E-state index in [1.165, 1.54) is 0 Å². The normalized spacial score (nSPS) is 16.3. The molecule has 0 aliphatic carbocycles. The number of halogens is 1. The number of benzene rings is 1. The van der Waals surface area contributed by atoms with E-state index in [0.29, 0.717) is 22.2 Å². The molecule has 0 bridgehead atoms. The number of nitrogens with zero attached hydrogens (tertiary/aromatic N) is 1. The van der Waals surface area contributed by atoms with Crippen LogP contribution in [0.4, 0.5) is 5.69 Å². The molecule has 19 heavy (non-hydrogen) atoms. The second-order valence-electron chi connectivity index (χ2n) is 4.95. The smallest absolute Gasteiger partial charge is 0.255 e. The highest BCUT2D eigenvalue weighted by Crippen LogP contribution is 2.25. The maximum Gasteiger partial charge on any atom is 0.255 e. The molecule has 0 spiro atoms. The zero-order valence-corrected chi connectivity index (χ0v) is 11.8. The van der Waals surface area contributed by atoms with Gasteiger partial charge in [0, 0.05) is 26.8 Å². The molecule has 1 amide bonds. The largest absolute Gasteiger partial charge is 0.398 e. The van der Waals surface area contributed by atoms with E-state index in [1.54, 1.807) is 30.1 Å². The van der Waals surface area contributed by atoms with Crippen molar-refractivity contribution in [3.05, 3.63) is 28.8 Å². The van der Waals surface area contributed by atoms with Crippen LogP contribution in [0.1, 0.15) is 23.2 Å². The zero-order chi connectivity index (χ0) is 13.8. The number of anilines is 1. The standard InChI is InChI=1S/C14H19ClN2O2/c1-17(9-10-5-7-19-8-6-10)14(18)11-3-2-4-12(16)13(11)15/h2-4,10H,5-9,16H2,1H3.